The molecule has 0 saturated carbocycles. The molecule has 2 aromatic heterocycles. The Bertz CT molecular complexity index is 692. The number of hydrogen-bond donors (Lipinski definition) is 1. The fourth-order valence-corrected chi connectivity index (χ4v) is 2.90. The molecule has 0 unspecified atom stereocenters. The van der Waals surface area contributed by atoms with Gasteiger partial charge in [-0.3, -0.25) is 14.8 Å². The highest BCUT2D eigenvalue weighted by atomic mass is 16.2. The van der Waals surface area contributed by atoms with Crippen molar-refractivity contribution in [2.45, 2.75) is 33.2 Å². The maximum absolute atomic E-state index is 12.7. The van der Waals surface area contributed by atoms with Gasteiger partial charge in [-0.05, 0) is 33.8 Å². The average molecular weight is 301 g/mol. The van der Waals surface area contributed by atoms with E-state index in [4.69, 9.17) is 0 Å². The van der Waals surface area contributed by atoms with Gasteiger partial charge in [-0.2, -0.15) is 5.10 Å². The number of rotatable bonds is 1. The molecule has 6 nitrogen and oxygen atoms in total. The quantitative estimate of drug-likeness (QED) is 0.872. The Hall–Kier alpha value is -1.95. The minimum atomic E-state index is 0.0589. The lowest BCUT2D eigenvalue weighted by atomic mass is 10.0. The van der Waals surface area contributed by atoms with E-state index in [9.17, 15) is 4.79 Å². The minimum Gasteiger partial charge on any atom is -0.336 e. The number of carbonyl (C=O) groups is 1. The predicted molar refractivity (Wildman–Crippen MR) is 85.9 cm³/mol. The zero-order chi connectivity index (χ0) is 15.9. The molecule has 0 radical (unpaired) electrons. The van der Waals surface area contributed by atoms with Crippen molar-refractivity contribution in [3.8, 4) is 0 Å². The van der Waals surface area contributed by atoms with Gasteiger partial charge < -0.3 is 4.90 Å². The van der Waals surface area contributed by atoms with Crippen molar-refractivity contribution < 1.29 is 4.79 Å². The second-order valence-electron chi connectivity index (χ2n) is 6.89. The van der Waals surface area contributed by atoms with Gasteiger partial charge in [0.1, 0.15) is 0 Å². The number of nitrogens with one attached hydrogen (secondary N) is 1. The summed E-state index contributed by atoms with van der Waals surface area (Å²) in [6.45, 7) is 11.9. The van der Waals surface area contributed by atoms with Gasteiger partial charge in [0.15, 0.2) is 5.65 Å². The molecule has 1 amide bonds. The number of pyridine rings is 1. The van der Waals surface area contributed by atoms with E-state index in [0.29, 0.717) is 11.2 Å². The summed E-state index contributed by atoms with van der Waals surface area (Å²) in [6, 6.07) is 1.89. The Morgan fingerprint density at radius 1 is 1.23 bits per heavy atom. The maximum Gasteiger partial charge on any atom is 0.255 e. The molecule has 2 aromatic rings. The van der Waals surface area contributed by atoms with Crippen molar-refractivity contribution in [3.63, 3.8) is 0 Å². The summed E-state index contributed by atoms with van der Waals surface area (Å²) < 4.78 is 0. The molecule has 1 aliphatic heterocycles. The maximum atomic E-state index is 12.7. The first-order valence-corrected chi connectivity index (χ1v) is 7.71. The summed E-state index contributed by atoms with van der Waals surface area (Å²) >= 11 is 0. The zero-order valence-electron chi connectivity index (χ0n) is 13.7. The van der Waals surface area contributed by atoms with Crippen LogP contribution in [0.2, 0.25) is 0 Å². The fraction of sp³-hybridized carbons (Fsp3) is 0.562. The number of nitrogens with zero attached hydrogens (tertiary/aromatic N) is 4. The molecule has 1 saturated heterocycles. The van der Waals surface area contributed by atoms with Gasteiger partial charge in [0.25, 0.3) is 5.91 Å². The highest BCUT2D eigenvalue weighted by molar-refractivity contribution is 5.97. The van der Waals surface area contributed by atoms with Crippen molar-refractivity contribution in [2.24, 2.45) is 0 Å². The molecule has 0 spiro atoms. The summed E-state index contributed by atoms with van der Waals surface area (Å²) in [5.41, 5.74) is 2.39. The van der Waals surface area contributed by atoms with Crippen LogP contribution < -0.4 is 0 Å². The molecule has 3 heterocycles. The predicted octanol–water partition coefficient (Wildman–Crippen LogP) is 1.82. The van der Waals surface area contributed by atoms with E-state index < -0.39 is 0 Å². The Labute approximate surface area is 130 Å². The van der Waals surface area contributed by atoms with Crippen molar-refractivity contribution in [3.05, 3.63) is 23.5 Å². The van der Waals surface area contributed by atoms with Crippen LogP contribution in [0.5, 0.6) is 0 Å². The monoisotopic (exact) mass is 301 g/mol. The van der Waals surface area contributed by atoms with Crippen LogP contribution in [0.25, 0.3) is 11.0 Å². The molecule has 1 fully saturated rings. The van der Waals surface area contributed by atoms with E-state index in [-0.39, 0.29) is 11.4 Å². The van der Waals surface area contributed by atoms with Gasteiger partial charge in [-0.15, -0.1) is 0 Å². The first kappa shape index (κ1) is 15.0. The van der Waals surface area contributed by atoms with E-state index in [2.05, 4.69) is 40.9 Å². The van der Waals surface area contributed by atoms with Crippen LogP contribution in [-0.4, -0.2) is 62.6 Å². The van der Waals surface area contributed by atoms with E-state index in [1.165, 1.54) is 0 Å². The number of aryl methyl sites for hydroxylation is 1. The summed E-state index contributed by atoms with van der Waals surface area (Å²) in [4.78, 5) is 21.3. The molecule has 22 heavy (non-hydrogen) atoms. The fourth-order valence-electron chi connectivity index (χ4n) is 2.90. The summed E-state index contributed by atoms with van der Waals surface area (Å²) in [5.74, 6) is 0.0589. The largest absolute Gasteiger partial charge is 0.336 e. The Morgan fingerprint density at radius 3 is 2.55 bits per heavy atom. The standard InChI is InChI=1S/C16H23N5O/c1-11-13-9-12(10-17-14(13)19-18-11)15(22)20-5-7-21(8-6-20)16(2,3)4/h9-10H,5-8H2,1-4H3,(H,17,18,19). The van der Waals surface area contributed by atoms with Crippen LogP contribution in [0.3, 0.4) is 0 Å². The summed E-state index contributed by atoms with van der Waals surface area (Å²) in [5, 5.41) is 7.92. The highest BCUT2D eigenvalue weighted by Gasteiger charge is 2.28. The number of aromatic amines is 1. The molecular weight excluding hydrogens is 278 g/mol. The molecule has 0 aliphatic carbocycles. The third kappa shape index (κ3) is 2.70. The lowest BCUT2D eigenvalue weighted by molar-refractivity contribution is 0.0451. The van der Waals surface area contributed by atoms with E-state index in [1.54, 1.807) is 6.20 Å². The lowest BCUT2D eigenvalue weighted by Gasteiger charge is -2.42. The smallest absolute Gasteiger partial charge is 0.255 e. The second kappa shape index (κ2) is 5.35. The molecular formula is C16H23N5O. The van der Waals surface area contributed by atoms with Crippen LogP contribution in [0, 0.1) is 6.92 Å². The van der Waals surface area contributed by atoms with E-state index >= 15 is 0 Å². The molecule has 0 atom stereocenters. The molecule has 3 rings (SSSR count). The van der Waals surface area contributed by atoms with Gasteiger partial charge in [-0.1, -0.05) is 0 Å². The molecule has 1 aliphatic rings. The molecule has 0 aromatic carbocycles. The Morgan fingerprint density at radius 2 is 1.91 bits per heavy atom. The van der Waals surface area contributed by atoms with Crippen molar-refractivity contribution in [2.75, 3.05) is 26.2 Å². The average Bonchev–Trinajstić information content (AvgIpc) is 2.87. The first-order chi connectivity index (χ1) is 10.4. The van der Waals surface area contributed by atoms with Crippen LogP contribution in [0.4, 0.5) is 0 Å². The van der Waals surface area contributed by atoms with Crippen molar-refractivity contribution >= 4 is 16.9 Å². The molecule has 118 valence electrons. The zero-order valence-corrected chi connectivity index (χ0v) is 13.7. The number of aromatic nitrogens is 3. The van der Waals surface area contributed by atoms with E-state index in [0.717, 1.165) is 37.3 Å². The second-order valence-corrected chi connectivity index (χ2v) is 6.89. The number of H-pyrrole nitrogens is 1. The number of carbonyl (C=O) groups excluding carboxylic acids is 1. The van der Waals surface area contributed by atoms with Gasteiger partial charge in [0, 0.05) is 49.0 Å². The van der Waals surface area contributed by atoms with Crippen LogP contribution >= 0.6 is 0 Å². The SMILES string of the molecule is Cc1[nH]nc2ncc(C(=O)N3CCN(C(C)(C)C)CC3)cc12. The van der Waals surface area contributed by atoms with Crippen molar-refractivity contribution in [1.29, 1.82) is 0 Å². The van der Waals surface area contributed by atoms with Crippen LogP contribution in [0.1, 0.15) is 36.8 Å². The lowest BCUT2D eigenvalue weighted by Crippen LogP contribution is -2.54. The van der Waals surface area contributed by atoms with Gasteiger partial charge in [0.05, 0.1) is 5.56 Å². The molecule has 0 bridgehead atoms. The molecule has 6 heteroatoms. The number of fused-ring (bicyclic) bond motifs is 1. The molecule has 1 N–H and O–H groups in total. The third-order valence-corrected chi connectivity index (χ3v) is 4.36. The Balaban J connectivity index is 1.75. The van der Waals surface area contributed by atoms with Crippen molar-refractivity contribution in [1.82, 2.24) is 25.0 Å². The summed E-state index contributed by atoms with van der Waals surface area (Å²) in [6.07, 6.45) is 1.63. The van der Waals surface area contributed by atoms with Crippen LogP contribution in [0.15, 0.2) is 12.3 Å². The van der Waals surface area contributed by atoms with Gasteiger partial charge >= 0.3 is 0 Å². The van der Waals surface area contributed by atoms with Gasteiger partial charge in [0.2, 0.25) is 0 Å². The van der Waals surface area contributed by atoms with Crippen LogP contribution in [-0.2, 0) is 0 Å². The number of hydrogen-bond acceptors (Lipinski definition) is 4. The number of piperazine rings is 1. The topological polar surface area (TPSA) is 65.1 Å². The minimum absolute atomic E-state index is 0.0589. The summed E-state index contributed by atoms with van der Waals surface area (Å²) in [7, 11) is 0. The van der Waals surface area contributed by atoms with E-state index in [1.807, 2.05) is 17.9 Å². The third-order valence-electron chi connectivity index (χ3n) is 4.36. The van der Waals surface area contributed by atoms with Gasteiger partial charge in [-0.25, -0.2) is 4.98 Å². The Kier molecular flexibility index (Phi) is 3.64. The first-order valence-electron chi connectivity index (χ1n) is 7.71. The number of amides is 1. The highest BCUT2D eigenvalue weighted by Crippen LogP contribution is 2.19. The normalized spacial score (nSPS) is 17.2.